The third kappa shape index (κ3) is 3.98. The van der Waals surface area contributed by atoms with Crippen LogP contribution in [0.15, 0.2) is 6.07 Å². The van der Waals surface area contributed by atoms with E-state index in [2.05, 4.69) is 16.3 Å². The maximum atomic E-state index is 12.7. The largest absolute Gasteiger partial charge is 0.370 e. The first kappa shape index (κ1) is 19.9. The average Bonchev–Trinajstić information content (AvgIpc) is 3.38. The van der Waals surface area contributed by atoms with Gasteiger partial charge < -0.3 is 19.9 Å². The molecule has 0 bridgehead atoms. The number of rotatable bonds is 5. The summed E-state index contributed by atoms with van der Waals surface area (Å²) in [5, 5.41) is 3.09. The fraction of sp³-hybridized carbons (Fsp3) is 0.714. The van der Waals surface area contributed by atoms with Crippen LogP contribution in [0, 0.1) is 0 Å². The Labute approximate surface area is 171 Å². The molecule has 4 rings (SSSR count). The highest BCUT2D eigenvalue weighted by molar-refractivity contribution is 7.14. The maximum Gasteiger partial charge on any atom is 0.261 e. The first-order chi connectivity index (χ1) is 13.6. The van der Waals surface area contributed by atoms with Crippen LogP contribution in [-0.4, -0.2) is 67.5 Å². The Morgan fingerprint density at radius 3 is 2.68 bits per heavy atom. The molecule has 1 aromatic heterocycles. The van der Waals surface area contributed by atoms with Crippen molar-refractivity contribution in [2.45, 2.75) is 51.0 Å². The summed E-state index contributed by atoms with van der Waals surface area (Å²) in [4.78, 5) is 31.1. The van der Waals surface area contributed by atoms with Gasteiger partial charge >= 0.3 is 0 Å². The SMILES string of the molecule is CCC(=O)N1CCC2(CC1)OCCc1sc(C(=O)NCCN3CCCC3)cc12. The molecule has 3 aliphatic rings. The first-order valence-corrected chi connectivity index (χ1v) is 11.5. The number of carbonyl (C=O) groups excluding carboxylic acids is 2. The Morgan fingerprint density at radius 2 is 1.96 bits per heavy atom. The molecule has 28 heavy (non-hydrogen) atoms. The van der Waals surface area contributed by atoms with Crippen molar-refractivity contribution < 1.29 is 14.3 Å². The van der Waals surface area contributed by atoms with Crippen molar-refractivity contribution in [3.05, 3.63) is 21.4 Å². The predicted octanol–water partition coefficient (Wildman–Crippen LogP) is 2.37. The van der Waals surface area contributed by atoms with Crippen molar-refractivity contribution in [2.75, 3.05) is 45.9 Å². The van der Waals surface area contributed by atoms with Crippen LogP contribution in [0.2, 0.25) is 0 Å². The van der Waals surface area contributed by atoms with E-state index in [4.69, 9.17) is 4.74 Å². The molecule has 1 spiro atoms. The molecule has 1 N–H and O–H groups in total. The normalized spacial score (nSPS) is 21.7. The average molecular weight is 406 g/mol. The Kier molecular flexibility index (Phi) is 6.04. The number of hydrogen-bond acceptors (Lipinski definition) is 5. The number of hydrogen-bond donors (Lipinski definition) is 1. The van der Waals surface area contributed by atoms with E-state index in [1.54, 1.807) is 11.3 Å². The van der Waals surface area contributed by atoms with Gasteiger partial charge in [0.25, 0.3) is 5.91 Å². The molecule has 0 unspecified atom stereocenters. The fourth-order valence-corrected chi connectivity index (χ4v) is 5.85. The summed E-state index contributed by atoms with van der Waals surface area (Å²) < 4.78 is 6.27. The zero-order valence-corrected chi connectivity index (χ0v) is 17.6. The molecule has 0 saturated carbocycles. The molecular formula is C21H31N3O3S. The van der Waals surface area contributed by atoms with Crippen LogP contribution in [0.5, 0.6) is 0 Å². The summed E-state index contributed by atoms with van der Waals surface area (Å²) in [6, 6.07) is 2.06. The lowest BCUT2D eigenvalue weighted by molar-refractivity contribution is -0.140. The number of piperidine rings is 1. The van der Waals surface area contributed by atoms with Gasteiger partial charge in [-0.3, -0.25) is 9.59 Å². The molecule has 3 aliphatic heterocycles. The summed E-state index contributed by atoms with van der Waals surface area (Å²) in [7, 11) is 0. The van der Waals surface area contributed by atoms with Crippen molar-refractivity contribution in [2.24, 2.45) is 0 Å². The van der Waals surface area contributed by atoms with E-state index in [0.29, 0.717) is 19.6 Å². The minimum absolute atomic E-state index is 0.0346. The van der Waals surface area contributed by atoms with Gasteiger partial charge in [0.15, 0.2) is 0 Å². The number of nitrogens with one attached hydrogen (secondary N) is 1. The van der Waals surface area contributed by atoms with E-state index in [1.807, 2.05) is 11.8 Å². The van der Waals surface area contributed by atoms with Crippen molar-refractivity contribution in [3.63, 3.8) is 0 Å². The molecule has 1 aromatic rings. The zero-order chi connectivity index (χ0) is 19.6. The second kappa shape index (κ2) is 8.51. The Hall–Kier alpha value is -1.44. The third-order valence-corrected chi connectivity index (χ3v) is 7.56. The number of carbonyl (C=O) groups is 2. The van der Waals surface area contributed by atoms with E-state index in [1.165, 1.54) is 23.3 Å². The van der Waals surface area contributed by atoms with Crippen LogP contribution in [0.25, 0.3) is 0 Å². The number of amides is 2. The first-order valence-electron chi connectivity index (χ1n) is 10.7. The van der Waals surface area contributed by atoms with Gasteiger partial charge in [-0.1, -0.05) is 6.92 Å². The zero-order valence-electron chi connectivity index (χ0n) is 16.8. The maximum absolute atomic E-state index is 12.7. The number of thiophene rings is 1. The molecule has 4 heterocycles. The minimum Gasteiger partial charge on any atom is -0.370 e. The van der Waals surface area contributed by atoms with Crippen LogP contribution in [0.4, 0.5) is 0 Å². The molecule has 7 heteroatoms. The van der Waals surface area contributed by atoms with Gasteiger partial charge in [0, 0.05) is 43.9 Å². The van der Waals surface area contributed by atoms with Crippen molar-refractivity contribution >= 4 is 23.2 Å². The Balaban J connectivity index is 1.40. The van der Waals surface area contributed by atoms with Gasteiger partial charge in [-0.2, -0.15) is 0 Å². The van der Waals surface area contributed by atoms with E-state index in [9.17, 15) is 9.59 Å². The van der Waals surface area contributed by atoms with Crippen molar-refractivity contribution in [1.82, 2.24) is 15.1 Å². The van der Waals surface area contributed by atoms with Crippen LogP contribution in [-0.2, 0) is 21.6 Å². The Bertz CT molecular complexity index is 718. The fourth-order valence-electron chi connectivity index (χ4n) is 4.70. The standard InChI is InChI=1S/C21H31N3O3S/c1-2-19(25)24-11-6-21(7-12-24)16-15-18(28-17(16)5-14-27-21)20(26)22-8-13-23-9-3-4-10-23/h15H,2-14H2,1H3,(H,22,26). The molecule has 0 radical (unpaired) electrons. The van der Waals surface area contributed by atoms with E-state index in [-0.39, 0.29) is 17.4 Å². The second-order valence-electron chi connectivity index (χ2n) is 8.08. The molecule has 2 fully saturated rings. The summed E-state index contributed by atoms with van der Waals surface area (Å²) in [5.74, 6) is 0.251. The molecule has 0 aliphatic carbocycles. The summed E-state index contributed by atoms with van der Waals surface area (Å²) >= 11 is 1.62. The number of likely N-dealkylation sites (tertiary alicyclic amines) is 2. The predicted molar refractivity (Wildman–Crippen MR) is 110 cm³/mol. The van der Waals surface area contributed by atoms with Gasteiger partial charge in [-0.05, 0) is 50.4 Å². The summed E-state index contributed by atoms with van der Waals surface area (Å²) in [6.45, 7) is 8.03. The highest BCUT2D eigenvalue weighted by Gasteiger charge is 2.42. The smallest absolute Gasteiger partial charge is 0.261 e. The molecule has 0 aromatic carbocycles. The molecular weight excluding hydrogens is 374 g/mol. The molecule has 154 valence electrons. The van der Waals surface area contributed by atoms with Gasteiger partial charge in [-0.25, -0.2) is 0 Å². The minimum atomic E-state index is -0.317. The summed E-state index contributed by atoms with van der Waals surface area (Å²) in [5.41, 5.74) is 0.875. The third-order valence-electron chi connectivity index (χ3n) is 6.37. The lowest BCUT2D eigenvalue weighted by Crippen LogP contribution is -2.47. The van der Waals surface area contributed by atoms with Crippen LogP contribution >= 0.6 is 11.3 Å². The van der Waals surface area contributed by atoms with Crippen LogP contribution < -0.4 is 5.32 Å². The highest BCUT2D eigenvalue weighted by atomic mass is 32.1. The van der Waals surface area contributed by atoms with E-state index >= 15 is 0 Å². The van der Waals surface area contributed by atoms with E-state index < -0.39 is 0 Å². The topological polar surface area (TPSA) is 61.9 Å². The lowest BCUT2D eigenvalue weighted by Gasteiger charge is -2.44. The molecule has 0 atom stereocenters. The lowest BCUT2D eigenvalue weighted by atomic mass is 9.82. The van der Waals surface area contributed by atoms with Gasteiger partial charge in [0.05, 0.1) is 17.1 Å². The number of ether oxygens (including phenoxy) is 1. The van der Waals surface area contributed by atoms with Crippen LogP contribution in [0.3, 0.4) is 0 Å². The van der Waals surface area contributed by atoms with Crippen LogP contribution in [0.1, 0.15) is 59.1 Å². The molecule has 6 nitrogen and oxygen atoms in total. The van der Waals surface area contributed by atoms with Gasteiger partial charge in [0.2, 0.25) is 5.91 Å². The molecule has 2 amide bonds. The van der Waals surface area contributed by atoms with Crippen molar-refractivity contribution in [1.29, 1.82) is 0 Å². The monoisotopic (exact) mass is 405 g/mol. The molecule has 2 saturated heterocycles. The number of nitrogens with zero attached hydrogens (tertiary/aromatic N) is 2. The van der Waals surface area contributed by atoms with Gasteiger partial charge in [0.1, 0.15) is 0 Å². The second-order valence-corrected chi connectivity index (χ2v) is 9.22. The highest BCUT2D eigenvalue weighted by Crippen LogP contribution is 2.44. The van der Waals surface area contributed by atoms with Crippen molar-refractivity contribution in [3.8, 4) is 0 Å². The van der Waals surface area contributed by atoms with Gasteiger partial charge in [-0.15, -0.1) is 11.3 Å². The quantitative estimate of drug-likeness (QED) is 0.817. The Morgan fingerprint density at radius 1 is 1.21 bits per heavy atom. The summed E-state index contributed by atoms with van der Waals surface area (Å²) in [6.07, 6.45) is 5.61. The number of fused-ring (bicyclic) bond motifs is 2. The van der Waals surface area contributed by atoms with E-state index in [0.717, 1.165) is 56.9 Å².